The number of anilines is 1. The molecule has 180 valence electrons. The Morgan fingerprint density at radius 3 is 2.15 bits per heavy atom. The average molecular weight is 483 g/mol. The van der Waals surface area contributed by atoms with Crippen LogP contribution in [0.1, 0.15) is 18.1 Å². The summed E-state index contributed by atoms with van der Waals surface area (Å²) in [4.78, 5) is 12.7. The quantitative estimate of drug-likeness (QED) is 0.416. The number of carbonyl (C=O) groups excluding carboxylic acids is 1. The number of hydrogen-bond donors (Lipinski definition) is 1. The lowest BCUT2D eigenvalue weighted by molar-refractivity contribution is -0.119. The molecule has 7 nitrogen and oxygen atoms in total. The molecule has 0 fully saturated rings. The first-order chi connectivity index (χ1) is 16.3. The first-order valence-corrected chi connectivity index (χ1v) is 12.5. The van der Waals surface area contributed by atoms with E-state index < -0.39 is 15.9 Å². The maximum absolute atomic E-state index is 13.4. The van der Waals surface area contributed by atoms with Crippen molar-refractivity contribution in [3.63, 3.8) is 0 Å². The summed E-state index contributed by atoms with van der Waals surface area (Å²) in [6.07, 6.45) is 0. The molecule has 3 aromatic rings. The topological polar surface area (TPSA) is 84.9 Å². The summed E-state index contributed by atoms with van der Waals surface area (Å²) < 4.78 is 39.0. The summed E-state index contributed by atoms with van der Waals surface area (Å²) in [6.45, 7) is 6.48. The highest BCUT2D eigenvalue weighted by Gasteiger charge is 2.27. The molecule has 0 heterocycles. The highest BCUT2D eigenvalue weighted by atomic mass is 32.2. The third kappa shape index (κ3) is 6.74. The third-order valence-corrected chi connectivity index (χ3v) is 6.73. The van der Waals surface area contributed by atoms with Gasteiger partial charge in [0.15, 0.2) is 0 Å². The van der Waals surface area contributed by atoms with Gasteiger partial charge < -0.3 is 14.8 Å². The molecule has 3 aromatic carbocycles. The highest BCUT2D eigenvalue weighted by molar-refractivity contribution is 7.92. The van der Waals surface area contributed by atoms with E-state index in [1.807, 2.05) is 32.9 Å². The van der Waals surface area contributed by atoms with Gasteiger partial charge in [-0.25, -0.2) is 8.42 Å². The van der Waals surface area contributed by atoms with Gasteiger partial charge in [0.05, 0.1) is 23.7 Å². The molecule has 1 N–H and O–H groups in total. The number of sulfonamides is 1. The fraction of sp³-hybridized carbons (Fsp3) is 0.269. The molecule has 0 aromatic heterocycles. The van der Waals surface area contributed by atoms with Crippen molar-refractivity contribution in [1.29, 1.82) is 0 Å². The number of amides is 1. The summed E-state index contributed by atoms with van der Waals surface area (Å²) in [5.41, 5.74) is 2.59. The monoisotopic (exact) mass is 482 g/mol. The van der Waals surface area contributed by atoms with Crippen molar-refractivity contribution in [3.05, 3.63) is 83.9 Å². The first kappa shape index (κ1) is 25.1. The zero-order valence-corrected chi connectivity index (χ0v) is 20.5. The Labute approximate surface area is 201 Å². The number of aryl methyl sites for hydroxylation is 2. The van der Waals surface area contributed by atoms with Crippen molar-refractivity contribution in [3.8, 4) is 11.5 Å². The van der Waals surface area contributed by atoms with Gasteiger partial charge in [-0.15, -0.1) is 0 Å². The van der Waals surface area contributed by atoms with Gasteiger partial charge in [-0.05, 0) is 80.4 Å². The van der Waals surface area contributed by atoms with Crippen LogP contribution in [0.2, 0.25) is 0 Å². The molecule has 0 saturated carbocycles. The smallest absolute Gasteiger partial charge is 0.264 e. The van der Waals surface area contributed by atoms with Gasteiger partial charge in [-0.3, -0.25) is 9.10 Å². The minimum absolute atomic E-state index is 0.0748. The van der Waals surface area contributed by atoms with Crippen molar-refractivity contribution in [2.24, 2.45) is 0 Å². The summed E-state index contributed by atoms with van der Waals surface area (Å²) in [5, 5.41) is 2.74. The average Bonchev–Trinajstić information content (AvgIpc) is 2.81. The number of nitrogens with one attached hydrogen (secondary N) is 1. The largest absolute Gasteiger partial charge is 0.494 e. The van der Waals surface area contributed by atoms with Crippen molar-refractivity contribution in [2.75, 3.05) is 30.6 Å². The number of benzene rings is 3. The molecule has 0 radical (unpaired) electrons. The Kier molecular flexibility index (Phi) is 8.54. The lowest BCUT2D eigenvalue weighted by atomic mass is 10.1. The SMILES string of the molecule is CCOc1ccc(S(=O)(=O)N(CC(=O)NCCOc2cc(C)cc(C)c2)c2ccccc2)cc1. The van der Waals surface area contributed by atoms with Crippen LogP contribution in [0.5, 0.6) is 11.5 Å². The van der Waals surface area contributed by atoms with E-state index in [9.17, 15) is 13.2 Å². The number of nitrogens with zero attached hydrogens (tertiary/aromatic N) is 1. The Bertz CT molecular complexity index is 1180. The zero-order valence-electron chi connectivity index (χ0n) is 19.7. The molecule has 0 atom stereocenters. The van der Waals surface area contributed by atoms with Crippen LogP contribution in [0, 0.1) is 13.8 Å². The molecule has 0 aliphatic heterocycles. The molecule has 0 saturated heterocycles. The lowest BCUT2D eigenvalue weighted by Gasteiger charge is -2.24. The molecule has 0 unspecified atom stereocenters. The van der Waals surface area contributed by atoms with Gasteiger partial charge in [0.25, 0.3) is 10.0 Å². The predicted molar refractivity (Wildman–Crippen MR) is 133 cm³/mol. The molecule has 0 aliphatic rings. The number of carbonyl (C=O) groups is 1. The van der Waals surface area contributed by atoms with Crippen molar-refractivity contribution in [2.45, 2.75) is 25.7 Å². The third-order valence-electron chi connectivity index (χ3n) is 4.94. The second-order valence-corrected chi connectivity index (χ2v) is 9.64. The normalized spacial score (nSPS) is 11.0. The molecule has 1 amide bonds. The molecule has 3 rings (SSSR count). The minimum atomic E-state index is -3.98. The Morgan fingerprint density at radius 2 is 1.53 bits per heavy atom. The van der Waals surface area contributed by atoms with Gasteiger partial charge in [0, 0.05) is 0 Å². The second kappa shape index (κ2) is 11.6. The predicted octanol–water partition coefficient (Wildman–Crippen LogP) is 4.09. The molecule has 0 bridgehead atoms. The van der Waals surface area contributed by atoms with Crippen LogP contribution < -0.4 is 19.1 Å². The first-order valence-electron chi connectivity index (χ1n) is 11.1. The van der Waals surface area contributed by atoms with Crippen LogP contribution in [0.25, 0.3) is 0 Å². The summed E-state index contributed by atoms with van der Waals surface area (Å²) >= 11 is 0. The number of hydrogen-bond acceptors (Lipinski definition) is 5. The van der Waals surface area contributed by atoms with E-state index in [0.29, 0.717) is 18.0 Å². The maximum Gasteiger partial charge on any atom is 0.264 e. The number of rotatable bonds is 11. The van der Waals surface area contributed by atoms with Gasteiger partial charge >= 0.3 is 0 Å². The van der Waals surface area contributed by atoms with Crippen molar-refractivity contribution >= 4 is 21.6 Å². The van der Waals surface area contributed by atoms with Crippen LogP contribution in [-0.4, -0.2) is 40.6 Å². The molecule has 0 spiro atoms. The molecular formula is C26H30N2O5S. The fourth-order valence-corrected chi connectivity index (χ4v) is 4.89. The van der Waals surface area contributed by atoms with Gasteiger partial charge in [-0.2, -0.15) is 0 Å². The van der Waals surface area contributed by atoms with E-state index in [4.69, 9.17) is 9.47 Å². The highest BCUT2D eigenvalue weighted by Crippen LogP contribution is 2.25. The molecule has 34 heavy (non-hydrogen) atoms. The Hall–Kier alpha value is -3.52. The standard InChI is InChI=1S/C26H30N2O5S/c1-4-32-23-10-12-25(13-11-23)34(30,31)28(22-8-6-5-7-9-22)19-26(29)27-14-15-33-24-17-20(2)16-21(3)18-24/h5-13,16-18H,4,14-15,19H2,1-3H3,(H,27,29). The van der Waals surface area contributed by atoms with E-state index in [2.05, 4.69) is 11.4 Å². The van der Waals surface area contributed by atoms with Crippen LogP contribution in [0.3, 0.4) is 0 Å². The minimum Gasteiger partial charge on any atom is -0.494 e. The lowest BCUT2D eigenvalue weighted by Crippen LogP contribution is -2.41. The Morgan fingerprint density at radius 1 is 0.882 bits per heavy atom. The van der Waals surface area contributed by atoms with Crippen molar-refractivity contribution in [1.82, 2.24) is 5.32 Å². The van der Waals surface area contributed by atoms with E-state index in [0.717, 1.165) is 21.2 Å². The van der Waals surface area contributed by atoms with Crippen molar-refractivity contribution < 1.29 is 22.7 Å². The molecular weight excluding hydrogens is 452 g/mol. The van der Waals surface area contributed by atoms with Crippen LogP contribution in [-0.2, 0) is 14.8 Å². The number of para-hydroxylation sites is 1. The van der Waals surface area contributed by atoms with Gasteiger partial charge in [-0.1, -0.05) is 24.3 Å². The van der Waals surface area contributed by atoms with Gasteiger partial charge in [0.2, 0.25) is 5.91 Å². The van der Waals surface area contributed by atoms with E-state index in [1.54, 1.807) is 42.5 Å². The van der Waals surface area contributed by atoms with Crippen LogP contribution in [0.4, 0.5) is 5.69 Å². The summed E-state index contributed by atoms with van der Waals surface area (Å²) in [6, 6.07) is 20.6. The van der Waals surface area contributed by atoms with Crippen LogP contribution >= 0.6 is 0 Å². The maximum atomic E-state index is 13.4. The summed E-state index contributed by atoms with van der Waals surface area (Å²) in [5.74, 6) is 0.882. The second-order valence-electron chi connectivity index (χ2n) is 7.77. The van der Waals surface area contributed by atoms with Crippen LogP contribution in [0.15, 0.2) is 77.7 Å². The summed E-state index contributed by atoms with van der Waals surface area (Å²) in [7, 11) is -3.98. The number of ether oxygens (including phenoxy) is 2. The zero-order chi connectivity index (χ0) is 24.6. The fourth-order valence-electron chi connectivity index (χ4n) is 3.47. The van der Waals surface area contributed by atoms with E-state index in [1.165, 1.54) is 12.1 Å². The molecule has 8 heteroatoms. The van der Waals surface area contributed by atoms with E-state index >= 15 is 0 Å². The van der Waals surface area contributed by atoms with Gasteiger partial charge in [0.1, 0.15) is 24.7 Å². The molecule has 0 aliphatic carbocycles. The van der Waals surface area contributed by atoms with E-state index in [-0.39, 0.29) is 24.6 Å². The Balaban J connectivity index is 1.68.